The molecule has 1 aromatic carbocycles. The lowest BCUT2D eigenvalue weighted by molar-refractivity contribution is 0.275. The largest absolute Gasteiger partial charge is 0.466 e. The van der Waals surface area contributed by atoms with Crippen LogP contribution >= 0.6 is 7.82 Å². The molecule has 0 atom stereocenters. The molecule has 1 aromatic rings. The van der Waals surface area contributed by atoms with Gasteiger partial charge in [-0.15, -0.1) is 0 Å². The first kappa shape index (κ1) is 15.2. The maximum Gasteiger partial charge on any atom is 0.466 e. The predicted octanol–water partition coefficient (Wildman–Crippen LogP) is 0.146. The summed E-state index contributed by atoms with van der Waals surface area (Å²) in [4.78, 5) is 21.6. The van der Waals surface area contributed by atoms with Crippen LogP contribution in [0.4, 0.5) is 0 Å². The van der Waals surface area contributed by atoms with E-state index in [9.17, 15) is 8.42 Å². The Hall–Kier alpha value is -0.760. The SMILES string of the molecule is O=P(O)(O)O.O=S(=O)(O)Cc1ccccc1. The van der Waals surface area contributed by atoms with Crippen molar-refractivity contribution in [3.8, 4) is 0 Å². The zero-order valence-electron chi connectivity index (χ0n) is 7.96. The topological polar surface area (TPSA) is 132 Å². The molecule has 1 rings (SSSR count). The third-order valence-electron chi connectivity index (χ3n) is 1.19. The van der Waals surface area contributed by atoms with Gasteiger partial charge in [-0.05, 0) is 5.56 Å². The Morgan fingerprint density at radius 2 is 1.44 bits per heavy atom. The molecule has 16 heavy (non-hydrogen) atoms. The fourth-order valence-corrected chi connectivity index (χ4v) is 1.40. The molecule has 0 aromatic heterocycles. The van der Waals surface area contributed by atoms with Crippen LogP contribution < -0.4 is 0 Å². The minimum Gasteiger partial charge on any atom is -0.303 e. The van der Waals surface area contributed by atoms with E-state index >= 15 is 0 Å². The van der Waals surface area contributed by atoms with Crippen molar-refractivity contribution >= 4 is 17.9 Å². The molecule has 92 valence electrons. The second-order valence-electron chi connectivity index (χ2n) is 2.73. The minimum atomic E-state index is -4.64. The van der Waals surface area contributed by atoms with Crippen LogP contribution in [0, 0.1) is 0 Å². The molecule has 0 aliphatic heterocycles. The molecule has 0 heterocycles. The highest BCUT2D eigenvalue weighted by molar-refractivity contribution is 7.85. The van der Waals surface area contributed by atoms with Gasteiger partial charge in [-0.3, -0.25) is 4.55 Å². The third kappa shape index (κ3) is 13.2. The Morgan fingerprint density at radius 1 is 1.06 bits per heavy atom. The lowest BCUT2D eigenvalue weighted by Crippen LogP contribution is -2.00. The van der Waals surface area contributed by atoms with E-state index in [1.54, 1.807) is 30.3 Å². The summed E-state index contributed by atoms with van der Waals surface area (Å²) < 4.78 is 38.0. The van der Waals surface area contributed by atoms with E-state index in [1.807, 2.05) is 0 Å². The van der Waals surface area contributed by atoms with Crippen LogP contribution in [-0.4, -0.2) is 27.7 Å². The number of hydrogen-bond donors (Lipinski definition) is 4. The normalized spacial score (nSPS) is 11.5. The highest BCUT2D eigenvalue weighted by atomic mass is 32.2. The van der Waals surface area contributed by atoms with Crippen LogP contribution in [0.1, 0.15) is 5.56 Å². The monoisotopic (exact) mass is 270 g/mol. The van der Waals surface area contributed by atoms with Gasteiger partial charge in [-0.1, -0.05) is 30.3 Å². The molecule has 0 fully saturated rings. The summed E-state index contributed by atoms with van der Waals surface area (Å²) in [5.41, 5.74) is 0.593. The number of phosphoric acid groups is 1. The van der Waals surface area contributed by atoms with Gasteiger partial charge in [0.1, 0.15) is 5.75 Å². The van der Waals surface area contributed by atoms with Crippen molar-refractivity contribution in [3.05, 3.63) is 35.9 Å². The van der Waals surface area contributed by atoms with Crippen molar-refractivity contribution in [2.75, 3.05) is 0 Å². The zero-order valence-corrected chi connectivity index (χ0v) is 9.67. The summed E-state index contributed by atoms with van der Waals surface area (Å²) in [5, 5.41) is 0. The van der Waals surface area contributed by atoms with Crippen LogP contribution in [0.25, 0.3) is 0 Å². The lowest BCUT2D eigenvalue weighted by atomic mass is 10.2. The van der Waals surface area contributed by atoms with E-state index < -0.39 is 17.9 Å². The smallest absolute Gasteiger partial charge is 0.303 e. The van der Waals surface area contributed by atoms with Crippen molar-refractivity contribution in [3.63, 3.8) is 0 Å². The van der Waals surface area contributed by atoms with Gasteiger partial charge in [-0.2, -0.15) is 8.42 Å². The molecule has 0 saturated heterocycles. The summed E-state index contributed by atoms with van der Waals surface area (Å²) in [5.74, 6) is -0.312. The highest BCUT2D eigenvalue weighted by Crippen LogP contribution is 2.25. The quantitative estimate of drug-likeness (QED) is 0.444. The van der Waals surface area contributed by atoms with E-state index in [-0.39, 0.29) is 5.75 Å². The summed E-state index contributed by atoms with van der Waals surface area (Å²) in [7, 11) is -8.52. The molecule has 0 aliphatic rings. The summed E-state index contributed by atoms with van der Waals surface area (Å²) in [6, 6.07) is 8.52. The maximum absolute atomic E-state index is 10.4. The van der Waals surface area contributed by atoms with Gasteiger partial charge in [-0.25, -0.2) is 4.57 Å². The van der Waals surface area contributed by atoms with Crippen molar-refractivity contribution < 1.29 is 32.2 Å². The first-order valence-corrected chi connectivity index (χ1v) is 7.03. The molecule has 0 aliphatic carbocycles. The van der Waals surface area contributed by atoms with Crippen LogP contribution in [0.15, 0.2) is 30.3 Å². The van der Waals surface area contributed by atoms with E-state index in [2.05, 4.69) is 0 Å². The molecule has 7 nitrogen and oxygen atoms in total. The van der Waals surface area contributed by atoms with Crippen molar-refractivity contribution in [1.29, 1.82) is 0 Å². The molecular weight excluding hydrogens is 259 g/mol. The molecule has 9 heteroatoms. The Balaban J connectivity index is 0.000000385. The predicted molar refractivity (Wildman–Crippen MR) is 56.0 cm³/mol. The molecule has 0 amide bonds. The summed E-state index contributed by atoms with van der Waals surface area (Å²) in [6.07, 6.45) is 0. The standard InChI is InChI=1S/C7H8O3S.H3O4P/c8-11(9,10)6-7-4-2-1-3-5-7;1-5(2,3)4/h1-5H,6H2,(H,8,9,10);(H3,1,2,3,4). The Labute approximate surface area is 92.4 Å². The van der Waals surface area contributed by atoms with Gasteiger partial charge in [0.25, 0.3) is 10.1 Å². The van der Waals surface area contributed by atoms with Crippen LogP contribution in [0.5, 0.6) is 0 Å². The van der Waals surface area contributed by atoms with Crippen LogP contribution in [-0.2, 0) is 20.4 Å². The Bertz CT molecular complexity index is 441. The summed E-state index contributed by atoms with van der Waals surface area (Å²) in [6.45, 7) is 0. The van der Waals surface area contributed by atoms with E-state index in [4.69, 9.17) is 23.8 Å². The van der Waals surface area contributed by atoms with Gasteiger partial charge in [0.2, 0.25) is 0 Å². The second-order valence-corrected chi connectivity index (χ2v) is 5.20. The molecular formula is C7H11O7PS. The number of rotatable bonds is 2. The lowest BCUT2D eigenvalue weighted by Gasteiger charge is -1.95. The Morgan fingerprint density at radius 3 is 1.75 bits per heavy atom. The van der Waals surface area contributed by atoms with E-state index in [1.165, 1.54) is 0 Å². The van der Waals surface area contributed by atoms with Crippen molar-refractivity contribution in [2.24, 2.45) is 0 Å². The number of hydrogen-bond acceptors (Lipinski definition) is 3. The Kier molecular flexibility index (Phi) is 5.80. The molecule has 0 saturated carbocycles. The fraction of sp³-hybridized carbons (Fsp3) is 0.143. The van der Waals surface area contributed by atoms with E-state index in [0.717, 1.165) is 0 Å². The number of benzene rings is 1. The molecule has 0 radical (unpaired) electrons. The van der Waals surface area contributed by atoms with Crippen molar-refractivity contribution in [1.82, 2.24) is 0 Å². The molecule has 0 spiro atoms. The summed E-state index contributed by atoms with van der Waals surface area (Å²) >= 11 is 0. The van der Waals surface area contributed by atoms with Gasteiger partial charge < -0.3 is 14.7 Å². The highest BCUT2D eigenvalue weighted by Gasteiger charge is 2.04. The molecule has 0 unspecified atom stereocenters. The van der Waals surface area contributed by atoms with E-state index in [0.29, 0.717) is 5.56 Å². The van der Waals surface area contributed by atoms with Crippen molar-refractivity contribution in [2.45, 2.75) is 5.75 Å². The average Bonchev–Trinajstić information content (AvgIpc) is 1.99. The van der Waals surface area contributed by atoms with Gasteiger partial charge in [0, 0.05) is 0 Å². The first-order valence-electron chi connectivity index (χ1n) is 3.85. The minimum absolute atomic E-state index is 0.312. The van der Waals surface area contributed by atoms with Gasteiger partial charge in [0.05, 0.1) is 0 Å². The first-order chi connectivity index (χ1) is 7.08. The molecule has 0 bridgehead atoms. The van der Waals surface area contributed by atoms with Gasteiger partial charge in [0.15, 0.2) is 0 Å². The van der Waals surface area contributed by atoms with Crippen LogP contribution in [0.2, 0.25) is 0 Å². The fourth-order valence-electron chi connectivity index (χ4n) is 0.785. The van der Waals surface area contributed by atoms with Gasteiger partial charge >= 0.3 is 7.82 Å². The average molecular weight is 270 g/mol. The third-order valence-corrected chi connectivity index (χ3v) is 1.89. The zero-order chi connectivity index (χ0) is 12.8. The molecule has 4 N–H and O–H groups in total. The second kappa shape index (κ2) is 6.09. The maximum atomic E-state index is 10.4. The van der Waals surface area contributed by atoms with Crippen LogP contribution in [0.3, 0.4) is 0 Å².